The molecule has 0 aromatic rings. The second-order valence-electron chi connectivity index (χ2n) is 3.63. The molecular weight excluding hydrogens is 202 g/mol. The molecular formula is C9H17NO3S. The van der Waals surface area contributed by atoms with E-state index in [0.717, 1.165) is 18.6 Å². The zero-order valence-electron chi connectivity index (χ0n) is 8.31. The van der Waals surface area contributed by atoms with Gasteiger partial charge in [0.15, 0.2) is 0 Å². The molecule has 0 radical (unpaired) electrons. The molecule has 0 aromatic heterocycles. The van der Waals surface area contributed by atoms with Crippen molar-refractivity contribution in [2.75, 3.05) is 11.5 Å². The first-order chi connectivity index (χ1) is 6.59. The van der Waals surface area contributed by atoms with E-state index in [4.69, 9.17) is 15.6 Å². The van der Waals surface area contributed by atoms with Crippen LogP contribution in [0.3, 0.4) is 0 Å². The van der Waals surface area contributed by atoms with Crippen LogP contribution < -0.4 is 5.73 Å². The molecule has 1 aliphatic heterocycles. The molecule has 3 atom stereocenters. The Hall–Kier alpha value is -0.260. The Balaban J connectivity index is 2.07. The van der Waals surface area contributed by atoms with Crippen LogP contribution >= 0.6 is 11.8 Å². The predicted molar refractivity (Wildman–Crippen MR) is 56.5 cm³/mol. The average Bonchev–Trinajstić information content (AvgIpc) is 2.51. The smallest absolute Gasteiger partial charge is 0.321 e. The largest absolute Gasteiger partial charge is 0.480 e. The number of rotatable bonds is 5. The van der Waals surface area contributed by atoms with Crippen LogP contribution in [0.2, 0.25) is 0 Å². The molecule has 0 aromatic carbocycles. The molecule has 82 valence electrons. The molecule has 3 N–H and O–H groups in total. The van der Waals surface area contributed by atoms with E-state index in [1.165, 1.54) is 0 Å². The van der Waals surface area contributed by atoms with E-state index in [1.807, 2.05) is 0 Å². The number of hydrogen-bond acceptors (Lipinski definition) is 4. The van der Waals surface area contributed by atoms with Gasteiger partial charge in [0.2, 0.25) is 0 Å². The van der Waals surface area contributed by atoms with Gasteiger partial charge in [0.05, 0.1) is 12.2 Å². The molecule has 1 saturated heterocycles. The van der Waals surface area contributed by atoms with Gasteiger partial charge >= 0.3 is 5.97 Å². The minimum atomic E-state index is -0.932. The quantitative estimate of drug-likeness (QED) is 0.712. The lowest BCUT2D eigenvalue weighted by atomic mass is 10.2. The minimum Gasteiger partial charge on any atom is -0.480 e. The lowest BCUT2D eigenvalue weighted by Crippen LogP contribution is -2.33. The normalized spacial score (nSPS) is 29.0. The summed E-state index contributed by atoms with van der Waals surface area (Å²) in [7, 11) is 0. The van der Waals surface area contributed by atoms with Crippen LogP contribution in [-0.2, 0) is 9.53 Å². The van der Waals surface area contributed by atoms with Crippen molar-refractivity contribution in [3.8, 4) is 0 Å². The van der Waals surface area contributed by atoms with Crippen molar-refractivity contribution < 1.29 is 14.6 Å². The topological polar surface area (TPSA) is 72.6 Å². The van der Waals surface area contributed by atoms with Crippen molar-refractivity contribution in [1.82, 2.24) is 0 Å². The maximum atomic E-state index is 10.4. The zero-order valence-corrected chi connectivity index (χ0v) is 9.13. The van der Waals surface area contributed by atoms with Crippen LogP contribution in [-0.4, -0.2) is 40.8 Å². The lowest BCUT2D eigenvalue weighted by Gasteiger charge is -2.11. The predicted octanol–water partition coefficient (Wildman–Crippen LogP) is 0.699. The maximum Gasteiger partial charge on any atom is 0.321 e. The lowest BCUT2D eigenvalue weighted by molar-refractivity contribution is -0.137. The number of aliphatic carboxylic acids is 1. The molecule has 1 fully saturated rings. The van der Waals surface area contributed by atoms with E-state index in [-0.39, 0.29) is 6.10 Å². The van der Waals surface area contributed by atoms with Gasteiger partial charge in [-0.25, -0.2) is 0 Å². The number of hydrogen-bond donors (Lipinski definition) is 2. The van der Waals surface area contributed by atoms with Crippen molar-refractivity contribution in [3.63, 3.8) is 0 Å². The first kappa shape index (κ1) is 11.8. The Kier molecular flexibility index (Phi) is 4.71. The number of ether oxygens (including phenoxy) is 1. The molecule has 14 heavy (non-hydrogen) atoms. The summed E-state index contributed by atoms with van der Waals surface area (Å²) in [5.74, 6) is 0.382. The standard InChI is InChI=1S/C9H17NO3S/c1-6-2-3-7(13-6)4-14-5-8(10)9(11)12/h6-8H,2-5,10H2,1H3,(H,11,12). The summed E-state index contributed by atoms with van der Waals surface area (Å²) in [6.07, 6.45) is 2.83. The summed E-state index contributed by atoms with van der Waals surface area (Å²) in [4.78, 5) is 10.4. The number of carboxylic acid groups (broad SMARTS) is 1. The molecule has 0 amide bonds. The van der Waals surface area contributed by atoms with Gasteiger partial charge in [0.1, 0.15) is 6.04 Å². The van der Waals surface area contributed by atoms with E-state index < -0.39 is 12.0 Å². The van der Waals surface area contributed by atoms with Crippen LogP contribution in [0.25, 0.3) is 0 Å². The average molecular weight is 219 g/mol. The number of thioether (sulfide) groups is 1. The van der Waals surface area contributed by atoms with E-state index in [0.29, 0.717) is 11.9 Å². The number of carbonyl (C=O) groups is 1. The zero-order chi connectivity index (χ0) is 10.6. The molecule has 1 heterocycles. The van der Waals surface area contributed by atoms with Gasteiger partial charge in [-0.05, 0) is 19.8 Å². The van der Waals surface area contributed by atoms with E-state index >= 15 is 0 Å². The summed E-state index contributed by atoms with van der Waals surface area (Å²) in [6.45, 7) is 2.06. The molecule has 1 rings (SSSR count). The molecule has 5 heteroatoms. The fourth-order valence-electron chi connectivity index (χ4n) is 1.41. The van der Waals surface area contributed by atoms with Gasteiger partial charge in [-0.2, -0.15) is 11.8 Å². The molecule has 0 bridgehead atoms. The minimum absolute atomic E-state index is 0.288. The van der Waals surface area contributed by atoms with Gasteiger partial charge in [0, 0.05) is 11.5 Å². The molecule has 0 saturated carbocycles. The first-order valence-corrected chi connectivity index (χ1v) is 5.96. The van der Waals surface area contributed by atoms with Crippen molar-refractivity contribution in [1.29, 1.82) is 0 Å². The third-order valence-corrected chi connectivity index (χ3v) is 3.44. The van der Waals surface area contributed by atoms with Gasteiger partial charge in [-0.15, -0.1) is 0 Å². The van der Waals surface area contributed by atoms with Crippen LogP contribution in [0.1, 0.15) is 19.8 Å². The summed E-state index contributed by atoms with van der Waals surface area (Å²) in [5, 5.41) is 8.55. The summed E-state index contributed by atoms with van der Waals surface area (Å²) in [5.41, 5.74) is 5.37. The second-order valence-corrected chi connectivity index (χ2v) is 4.70. The van der Waals surface area contributed by atoms with Crippen LogP contribution in [0, 0.1) is 0 Å². The highest BCUT2D eigenvalue weighted by atomic mass is 32.2. The highest BCUT2D eigenvalue weighted by molar-refractivity contribution is 7.99. The summed E-state index contributed by atoms with van der Waals surface area (Å²) in [6, 6.07) is -0.751. The van der Waals surface area contributed by atoms with E-state index in [9.17, 15) is 4.79 Å². The van der Waals surface area contributed by atoms with Gasteiger partial charge in [0.25, 0.3) is 0 Å². The molecule has 1 aliphatic rings. The molecule has 4 nitrogen and oxygen atoms in total. The van der Waals surface area contributed by atoms with Crippen LogP contribution in [0.4, 0.5) is 0 Å². The van der Waals surface area contributed by atoms with Crippen LogP contribution in [0.15, 0.2) is 0 Å². The third kappa shape index (κ3) is 3.86. The Morgan fingerprint density at radius 2 is 2.43 bits per heavy atom. The molecule has 3 unspecified atom stereocenters. The summed E-state index contributed by atoms with van der Waals surface area (Å²) < 4.78 is 5.59. The SMILES string of the molecule is CC1CCC(CSCC(N)C(=O)O)O1. The van der Waals surface area contributed by atoms with Gasteiger partial charge < -0.3 is 15.6 Å². The first-order valence-electron chi connectivity index (χ1n) is 4.81. The second kappa shape index (κ2) is 5.58. The monoisotopic (exact) mass is 219 g/mol. The fraction of sp³-hybridized carbons (Fsp3) is 0.889. The van der Waals surface area contributed by atoms with Crippen LogP contribution in [0.5, 0.6) is 0 Å². The van der Waals surface area contributed by atoms with Gasteiger partial charge in [-0.3, -0.25) is 4.79 Å². The highest BCUT2D eigenvalue weighted by Crippen LogP contribution is 2.22. The Morgan fingerprint density at radius 3 is 2.93 bits per heavy atom. The van der Waals surface area contributed by atoms with E-state index in [1.54, 1.807) is 11.8 Å². The summed E-state index contributed by atoms with van der Waals surface area (Å²) >= 11 is 1.56. The Bertz CT molecular complexity index is 200. The molecule has 0 spiro atoms. The molecule has 0 aliphatic carbocycles. The van der Waals surface area contributed by atoms with Crippen molar-refractivity contribution in [2.45, 2.75) is 38.0 Å². The number of carboxylic acids is 1. The number of nitrogens with two attached hydrogens (primary N) is 1. The maximum absolute atomic E-state index is 10.4. The van der Waals surface area contributed by atoms with Gasteiger partial charge in [-0.1, -0.05) is 0 Å². The third-order valence-electron chi connectivity index (χ3n) is 2.24. The fourth-order valence-corrected chi connectivity index (χ4v) is 2.45. The van der Waals surface area contributed by atoms with Crippen molar-refractivity contribution >= 4 is 17.7 Å². The Morgan fingerprint density at radius 1 is 1.71 bits per heavy atom. The van der Waals surface area contributed by atoms with Crippen molar-refractivity contribution in [3.05, 3.63) is 0 Å². The van der Waals surface area contributed by atoms with E-state index in [2.05, 4.69) is 6.92 Å². The Labute approximate surface area is 88.2 Å². The highest BCUT2D eigenvalue weighted by Gasteiger charge is 2.22. The van der Waals surface area contributed by atoms with Crippen molar-refractivity contribution in [2.24, 2.45) is 5.73 Å².